The highest BCUT2D eigenvalue weighted by Crippen LogP contribution is 2.43. The summed E-state index contributed by atoms with van der Waals surface area (Å²) >= 11 is 0. The zero-order chi connectivity index (χ0) is 20.2. The molecule has 1 aliphatic heterocycles. The Kier molecular flexibility index (Phi) is 5.77. The van der Waals surface area contributed by atoms with Crippen LogP contribution < -0.4 is 11.1 Å². The zero-order valence-corrected chi connectivity index (χ0v) is 16.9. The highest BCUT2D eigenvalue weighted by atomic mass is 16.1. The van der Waals surface area contributed by atoms with Crippen LogP contribution in [0.2, 0.25) is 0 Å². The summed E-state index contributed by atoms with van der Waals surface area (Å²) in [6.07, 6.45) is 13.6. The largest absolute Gasteiger partial charge is 0.383 e. The topological polar surface area (TPSA) is 55.1 Å². The number of nitrogens with one attached hydrogen (secondary N) is 1. The number of fused-ring (bicyclic) bond motifs is 5. The summed E-state index contributed by atoms with van der Waals surface area (Å²) in [5, 5.41) is 2.80. The molecule has 0 bridgehead atoms. The zero-order valence-electron chi connectivity index (χ0n) is 16.9. The van der Waals surface area contributed by atoms with Crippen molar-refractivity contribution in [3.8, 4) is 11.1 Å². The second kappa shape index (κ2) is 8.62. The highest BCUT2D eigenvalue weighted by molar-refractivity contribution is 5.92. The number of allylic oxidation sites excluding steroid dienone is 2. The van der Waals surface area contributed by atoms with Crippen LogP contribution in [-0.2, 0) is 17.6 Å². The van der Waals surface area contributed by atoms with E-state index in [-0.39, 0.29) is 5.78 Å². The lowest BCUT2D eigenvalue weighted by atomic mass is 9.73. The summed E-state index contributed by atoms with van der Waals surface area (Å²) in [7, 11) is 0. The first-order valence-corrected chi connectivity index (χ1v) is 10.4. The predicted molar refractivity (Wildman–Crippen MR) is 121 cm³/mol. The van der Waals surface area contributed by atoms with Gasteiger partial charge in [0, 0.05) is 0 Å². The Bertz CT molecular complexity index is 1000. The van der Waals surface area contributed by atoms with Crippen molar-refractivity contribution in [2.45, 2.75) is 25.7 Å². The van der Waals surface area contributed by atoms with Gasteiger partial charge >= 0.3 is 0 Å². The van der Waals surface area contributed by atoms with Gasteiger partial charge in [-0.3, -0.25) is 4.79 Å². The lowest BCUT2D eigenvalue weighted by Gasteiger charge is -2.31. The Morgan fingerprint density at radius 2 is 1.90 bits per heavy atom. The number of nitrogens with two attached hydrogens (primary N) is 1. The summed E-state index contributed by atoms with van der Waals surface area (Å²) in [5.74, 6) is 1.21. The molecule has 3 aliphatic rings. The molecule has 0 saturated carbocycles. The van der Waals surface area contributed by atoms with E-state index in [4.69, 9.17) is 5.73 Å². The van der Waals surface area contributed by atoms with Crippen LogP contribution in [0, 0.1) is 5.92 Å². The quantitative estimate of drug-likeness (QED) is 0.767. The van der Waals surface area contributed by atoms with Gasteiger partial charge in [0.2, 0.25) is 0 Å². The first-order valence-electron chi connectivity index (χ1n) is 10.4. The predicted octanol–water partition coefficient (Wildman–Crippen LogP) is 4.39. The summed E-state index contributed by atoms with van der Waals surface area (Å²) in [5.41, 5.74) is 14.7. The molecule has 1 heterocycles. The fourth-order valence-corrected chi connectivity index (χ4v) is 4.49. The number of hydrogen-bond acceptors (Lipinski definition) is 3. The molecule has 5 rings (SSSR count). The van der Waals surface area contributed by atoms with Gasteiger partial charge in [0.1, 0.15) is 0 Å². The van der Waals surface area contributed by atoms with Crippen LogP contribution in [-0.4, -0.2) is 18.9 Å². The molecule has 0 fully saturated rings. The number of ketones is 1. The van der Waals surface area contributed by atoms with E-state index in [1.54, 1.807) is 30.0 Å². The van der Waals surface area contributed by atoms with Crippen LogP contribution in [0.25, 0.3) is 17.2 Å². The summed E-state index contributed by atoms with van der Waals surface area (Å²) < 4.78 is 0. The van der Waals surface area contributed by atoms with Crippen molar-refractivity contribution in [1.29, 1.82) is 0 Å². The van der Waals surface area contributed by atoms with E-state index in [0.717, 1.165) is 19.4 Å². The molecule has 0 spiro atoms. The molecular formula is C26H28N2O. The van der Waals surface area contributed by atoms with Crippen LogP contribution in [0.3, 0.4) is 0 Å². The lowest BCUT2D eigenvalue weighted by molar-refractivity contribution is -0.113. The van der Waals surface area contributed by atoms with E-state index in [1.165, 1.54) is 27.8 Å². The van der Waals surface area contributed by atoms with Crippen molar-refractivity contribution in [3.63, 3.8) is 0 Å². The minimum absolute atomic E-state index is 0.120. The van der Waals surface area contributed by atoms with E-state index in [9.17, 15) is 4.79 Å². The molecule has 0 aromatic heterocycles. The maximum absolute atomic E-state index is 10.5. The fourth-order valence-electron chi connectivity index (χ4n) is 4.49. The number of hydrogen-bond donors (Lipinski definition) is 2. The molecule has 2 atom stereocenters. The third-order valence-corrected chi connectivity index (χ3v) is 5.92. The van der Waals surface area contributed by atoms with Crippen molar-refractivity contribution in [1.82, 2.24) is 5.32 Å². The van der Waals surface area contributed by atoms with Gasteiger partial charge in [-0.25, -0.2) is 0 Å². The second-order valence-corrected chi connectivity index (χ2v) is 7.98. The van der Waals surface area contributed by atoms with Crippen molar-refractivity contribution in [2.75, 3.05) is 13.1 Å². The minimum Gasteiger partial charge on any atom is -0.383 e. The maximum atomic E-state index is 10.5. The Morgan fingerprint density at radius 3 is 2.76 bits per heavy atom. The number of rotatable bonds is 1. The van der Waals surface area contributed by atoms with Gasteiger partial charge in [-0.1, -0.05) is 61.5 Å². The van der Waals surface area contributed by atoms with E-state index >= 15 is 0 Å². The summed E-state index contributed by atoms with van der Waals surface area (Å²) in [6, 6.07) is 13.5. The smallest absolute Gasteiger partial charge is 0.174 e. The van der Waals surface area contributed by atoms with Crippen molar-refractivity contribution in [3.05, 3.63) is 89.2 Å². The molecule has 148 valence electrons. The molecule has 2 aromatic rings. The van der Waals surface area contributed by atoms with Crippen LogP contribution >= 0.6 is 0 Å². The molecule has 3 N–H and O–H groups in total. The lowest BCUT2D eigenvalue weighted by Crippen LogP contribution is -2.20. The van der Waals surface area contributed by atoms with Crippen LogP contribution in [0.15, 0.2) is 66.9 Å². The van der Waals surface area contributed by atoms with Gasteiger partial charge in [-0.15, -0.1) is 0 Å². The number of carbonyl (C=O) groups is 1. The van der Waals surface area contributed by atoms with Crippen LogP contribution in [0.1, 0.15) is 35.1 Å². The highest BCUT2D eigenvalue weighted by Gasteiger charge is 2.27. The Balaban J connectivity index is 0.000000216. The van der Waals surface area contributed by atoms with Crippen molar-refractivity contribution >= 4 is 11.9 Å². The number of carbonyl (C=O) groups excluding carboxylic acids is 1. The molecule has 0 radical (unpaired) electrons. The maximum Gasteiger partial charge on any atom is 0.174 e. The molecule has 29 heavy (non-hydrogen) atoms. The average Bonchev–Trinajstić information content (AvgIpc) is 3.00. The van der Waals surface area contributed by atoms with Gasteiger partial charge in [0.15, 0.2) is 5.78 Å². The van der Waals surface area contributed by atoms with E-state index < -0.39 is 0 Å². The molecular weight excluding hydrogens is 356 g/mol. The fraction of sp³-hybridized carbons (Fsp3) is 0.269. The van der Waals surface area contributed by atoms with Crippen molar-refractivity contribution < 1.29 is 4.79 Å². The molecule has 3 heteroatoms. The minimum atomic E-state index is 0.120. The molecule has 0 saturated heterocycles. The van der Waals surface area contributed by atoms with Gasteiger partial charge in [0.05, 0.1) is 6.54 Å². The van der Waals surface area contributed by atoms with Crippen molar-refractivity contribution in [2.24, 2.45) is 11.7 Å². The van der Waals surface area contributed by atoms with E-state index in [2.05, 4.69) is 60.8 Å². The average molecular weight is 385 g/mol. The summed E-state index contributed by atoms with van der Waals surface area (Å²) in [4.78, 5) is 10.5. The van der Waals surface area contributed by atoms with Crippen LogP contribution in [0.4, 0.5) is 0 Å². The molecule has 2 aromatic carbocycles. The van der Waals surface area contributed by atoms with Gasteiger partial charge in [0.25, 0.3) is 0 Å². The third kappa shape index (κ3) is 4.10. The molecule has 2 unspecified atom stereocenters. The molecule has 3 nitrogen and oxygen atoms in total. The standard InChI is InChI=1S/C20H21N.C6H7NO/c1-13-10-16-4-2-3-5-17(16)18-9-8-15-7-6-14(12-21)11-19(15)20(13)18;8-6-3-1-2-4-7-5-6/h2-9,13-14H,10-12,21H2,1H3;1-4,7H,5H2. The first-order chi connectivity index (χ1) is 14.2. The third-order valence-electron chi connectivity index (χ3n) is 5.92. The Morgan fingerprint density at radius 1 is 1.03 bits per heavy atom. The van der Waals surface area contributed by atoms with Crippen LogP contribution in [0.5, 0.6) is 0 Å². The molecule has 2 aliphatic carbocycles. The van der Waals surface area contributed by atoms with E-state index in [0.29, 0.717) is 18.4 Å². The molecule has 0 amide bonds. The van der Waals surface area contributed by atoms with Gasteiger partial charge in [-0.05, 0) is 83.0 Å². The SMILES string of the molecule is CC1Cc2ccccc2-c2ccc3c(c21)CC(CN)C=C3.O=C1C=CC=CNC1. The summed E-state index contributed by atoms with van der Waals surface area (Å²) in [6.45, 7) is 3.53. The van der Waals surface area contributed by atoms with Gasteiger partial charge in [-0.2, -0.15) is 0 Å². The van der Waals surface area contributed by atoms with E-state index in [1.807, 2.05) is 0 Å². The Labute approximate surface area is 173 Å². The Hall–Kier alpha value is -2.91. The first kappa shape index (κ1) is 19.4. The second-order valence-electron chi connectivity index (χ2n) is 7.98. The normalized spacial score (nSPS) is 21.1. The monoisotopic (exact) mass is 384 g/mol. The number of benzene rings is 2. The van der Waals surface area contributed by atoms with Gasteiger partial charge < -0.3 is 11.1 Å².